The molecule has 296 valence electrons. The lowest BCUT2D eigenvalue weighted by Crippen LogP contribution is -2.12. The van der Waals surface area contributed by atoms with E-state index in [4.69, 9.17) is 0 Å². The lowest BCUT2D eigenvalue weighted by molar-refractivity contribution is 0.445. The van der Waals surface area contributed by atoms with Crippen LogP contribution in [0.4, 0.5) is 0 Å². The molecular formula is C58H54N2. The number of nitrogens with zero attached hydrogens (tertiary/aromatic N) is 2. The molecule has 1 unspecified atom stereocenters. The van der Waals surface area contributed by atoms with Crippen molar-refractivity contribution in [3.8, 4) is 45.1 Å². The Kier molecular flexibility index (Phi) is 9.94. The molecule has 2 saturated carbocycles. The molecule has 2 heterocycles. The zero-order valence-electron chi connectivity index (χ0n) is 34.6. The van der Waals surface area contributed by atoms with Gasteiger partial charge in [-0.15, -0.1) is 0 Å². The van der Waals surface area contributed by atoms with Gasteiger partial charge in [-0.25, -0.2) is 0 Å². The smallest absolute Gasteiger partial charge is 0.0535 e. The highest BCUT2D eigenvalue weighted by Gasteiger charge is 2.28. The summed E-state index contributed by atoms with van der Waals surface area (Å²) >= 11 is 0. The second-order valence-corrected chi connectivity index (χ2v) is 17.6. The Balaban J connectivity index is 1.19. The Labute approximate surface area is 355 Å². The van der Waals surface area contributed by atoms with Crippen LogP contribution in [0.1, 0.15) is 105 Å². The van der Waals surface area contributed by atoms with Gasteiger partial charge >= 0.3 is 0 Å². The van der Waals surface area contributed by atoms with E-state index in [1.54, 1.807) is 11.1 Å². The van der Waals surface area contributed by atoms with E-state index in [9.17, 15) is 0 Å². The van der Waals surface area contributed by atoms with Gasteiger partial charge in [-0.1, -0.05) is 166 Å². The van der Waals surface area contributed by atoms with E-state index in [1.165, 1.54) is 137 Å². The van der Waals surface area contributed by atoms with Gasteiger partial charge in [-0.2, -0.15) is 0 Å². The Bertz CT molecular complexity index is 2780. The number of rotatable bonds is 8. The van der Waals surface area contributed by atoms with E-state index < -0.39 is 0 Å². The van der Waals surface area contributed by atoms with Gasteiger partial charge in [-0.05, 0) is 142 Å². The van der Waals surface area contributed by atoms with Crippen molar-refractivity contribution in [3.63, 3.8) is 0 Å². The summed E-state index contributed by atoms with van der Waals surface area (Å²) < 4.78 is 5.11. The molecular weight excluding hydrogens is 725 g/mol. The Morgan fingerprint density at radius 3 is 1.30 bits per heavy atom. The van der Waals surface area contributed by atoms with Crippen LogP contribution in [0.5, 0.6) is 0 Å². The fraction of sp³-hybridized carbons (Fsp3) is 0.241. The molecule has 2 heteroatoms. The molecule has 0 radical (unpaired) electrons. The maximum Gasteiger partial charge on any atom is 0.0535 e. The Hall–Kier alpha value is -6.12. The molecule has 2 fully saturated rings. The first-order valence-corrected chi connectivity index (χ1v) is 22.8. The molecule has 0 bridgehead atoms. The molecule has 60 heavy (non-hydrogen) atoms. The highest BCUT2D eigenvalue weighted by Crippen LogP contribution is 2.49. The highest BCUT2D eigenvalue weighted by molar-refractivity contribution is 6.08. The summed E-state index contributed by atoms with van der Waals surface area (Å²) in [5.41, 5.74) is 14.5. The van der Waals surface area contributed by atoms with Gasteiger partial charge in [0.2, 0.25) is 0 Å². The van der Waals surface area contributed by atoms with Gasteiger partial charge in [0.15, 0.2) is 0 Å². The third-order valence-corrected chi connectivity index (χ3v) is 14.1. The first-order chi connectivity index (χ1) is 29.8. The van der Waals surface area contributed by atoms with Crippen molar-refractivity contribution >= 4 is 21.5 Å². The number of hydrogen-bond acceptors (Lipinski definition) is 0. The van der Waals surface area contributed by atoms with Crippen LogP contribution in [-0.2, 0) is 0 Å². The lowest BCUT2D eigenvalue weighted by Gasteiger charge is -2.31. The largest absolute Gasteiger partial charge is 0.313 e. The Morgan fingerprint density at radius 2 is 0.833 bits per heavy atom. The summed E-state index contributed by atoms with van der Waals surface area (Å²) in [7, 11) is 0. The predicted octanol–water partition coefficient (Wildman–Crippen LogP) is 16.3. The van der Waals surface area contributed by atoms with Crippen molar-refractivity contribution < 1.29 is 0 Å². The van der Waals surface area contributed by atoms with Gasteiger partial charge in [0.25, 0.3) is 0 Å². The van der Waals surface area contributed by atoms with Crippen molar-refractivity contribution in [2.24, 2.45) is 0 Å². The molecule has 0 N–H and O–H groups in total. The van der Waals surface area contributed by atoms with Gasteiger partial charge < -0.3 is 9.13 Å². The van der Waals surface area contributed by atoms with Crippen molar-refractivity contribution in [1.29, 1.82) is 0 Å². The fourth-order valence-corrected chi connectivity index (χ4v) is 11.3. The molecule has 2 aromatic heterocycles. The number of hydrogen-bond donors (Lipinski definition) is 0. The molecule has 1 atom stereocenters. The zero-order chi connectivity index (χ0) is 39.8. The van der Waals surface area contributed by atoms with Crippen LogP contribution in [0.3, 0.4) is 0 Å². The normalized spacial score (nSPS) is 17.5. The second-order valence-electron chi connectivity index (χ2n) is 17.6. The van der Waals surface area contributed by atoms with Gasteiger partial charge in [0.1, 0.15) is 0 Å². The molecule has 0 spiro atoms. The fourth-order valence-electron chi connectivity index (χ4n) is 11.3. The van der Waals surface area contributed by atoms with Crippen LogP contribution in [0.25, 0.3) is 66.7 Å². The summed E-state index contributed by atoms with van der Waals surface area (Å²) in [6.45, 7) is 0. The highest BCUT2D eigenvalue weighted by atomic mass is 15.0. The predicted molar refractivity (Wildman–Crippen MR) is 254 cm³/mol. The first kappa shape index (κ1) is 36.9. The van der Waals surface area contributed by atoms with E-state index in [0.717, 1.165) is 6.42 Å². The van der Waals surface area contributed by atoms with Crippen molar-refractivity contribution in [2.45, 2.75) is 88.4 Å². The van der Waals surface area contributed by atoms with Gasteiger partial charge in [0.05, 0.1) is 17.1 Å². The summed E-state index contributed by atoms with van der Waals surface area (Å²) in [5.74, 6) is 1.42. The quantitative estimate of drug-likeness (QED) is 0.136. The van der Waals surface area contributed by atoms with Crippen LogP contribution < -0.4 is 0 Å². The average molecular weight is 779 g/mol. The van der Waals surface area contributed by atoms with Crippen LogP contribution in [0, 0.1) is 0 Å². The molecule has 2 nitrogen and oxygen atoms in total. The van der Waals surface area contributed by atoms with Crippen LogP contribution >= 0.6 is 0 Å². The van der Waals surface area contributed by atoms with E-state index in [0.29, 0.717) is 17.8 Å². The third kappa shape index (κ3) is 6.67. The van der Waals surface area contributed by atoms with E-state index in [2.05, 4.69) is 185 Å². The topological polar surface area (TPSA) is 9.86 Å². The van der Waals surface area contributed by atoms with Crippen LogP contribution in [0.2, 0.25) is 0 Å². The van der Waals surface area contributed by atoms with Crippen LogP contribution in [0.15, 0.2) is 176 Å². The molecule has 8 aromatic rings. The van der Waals surface area contributed by atoms with E-state index in [-0.39, 0.29) is 0 Å². The first-order valence-electron chi connectivity index (χ1n) is 22.8. The zero-order valence-corrected chi connectivity index (χ0v) is 34.6. The summed E-state index contributed by atoms with van der Waals surface area (Å²) in [4.78, 5) is 0. The maximum absolute atomic E-state index is 2.62. The minimum Gasteiger partial charge on any atom is -0.313 e. The van der Waals surface area contributed by atoms with Crippen LogP contribution in [-0.4, -0.2) is 9.13 Å². The number of allylic oxidation sites excluding steroid dienone is 4. The average Bonchev–Trinajstić information content (AvgIpc) is 3.98. The maximum atomic E-state index is 2.62. The standard InChI is InChI=1S/C58H54N2/c1-7-19-41(20-8-1)53-35-36-54(42-21-9-2-10-22-42)59(53)47-31-33-49-51(39-47)57(45-27-15-5-16-28-45)50-34-32-48(40-52(50)58(49)46-29-17-6-18-30-46)60-55(43-23-11-3-12-24-43)37-38-56(60)44-25-13-4-14-26-44/h1-4,7-14,19-25,31-40,44-46H,5-6,15-18,26-30H2. The van der Waals surface area contributed by atoms with Crippen molar-refractivity contribution in [3.05, 3.63) is 193 Å². The minimum atomic E-state index is 0.337. The number of fused-ring (bicyclic) bond motifs is 2. The second kappa shape index (κ2) is 16.1. The molecule has 0 aliphatic heterocycles. The van der Waals surface area contributed by atoms with Gasteiger partial charge in [0, 0.05) is 23.0 Å². The molecule has 0 amide bonds. The lowest BCUT2D eigenvalue weighted by atomic mass is 9.74. The molecule has 6 aromatic carbocycles. The minimum absolute atomic E-state index is 0.337. The molecule has 3 aliphatic carbocycles. The number of aromatic nitrogens is 2. The summed E-state index contributed by atoms with van der Waals surface area (Å²) in [6.07, 6.45) is 23.1. The SMILES string of the molecule is C1=CCC(c2ccc(-c3ccccc3)n2-c2ccc3c(C4CCCCC4)c4cc(-n5c(-c6ccccc6)ccc5-c5ccccc5)ccc4c(C4CCCCC4)c3c2)C=C1. The Morgan fingerprint density at radius 1 is 0.383 bits per heavy atom. The summed E-state index contributed by atoms with van der Waals surface area (Å²) in [5, 5.41) is 5.90. The van der Waals surface area contributed by atoms with Gasteiger partial charge in [-0.3, -0.25) is 0 Å². The third-order valence-electron chi connectivity index (χ3n) is 14.1. The molecule has 3 aliphatic rings. The molecule has 11 rings (SSSR count). The summed E-state index contributed by atoms with van der Waals surface area (Å²) in [6, 6.07) is 57.5. The van der Waals surface area contributed by atoms with E-state index in [1.807, 2.05) is 0 Å². The van der Waals surface area contributed by atoms with E-state index >= 15 is 0 Å². The van der Waals surface area contributed by atoms with Crippen molar-refractivity contribution in [2.75, 3.05) is 0 Å². The molecule has 0 saturated heterocycles. The number of benzene rings is 6. The monoisotopic (exact) mass is 778 g/mol. The van der Waals surface area contributed by atoms with Crippen molar-refractivity contribution in [1.82, 2.24) is 9.13 Å².